The molecule has 12 heavy (non-hydrogen) atoms. The van der Waals surface area contributed by atoms with E-state index in [1.807, 2.05) is 0 Å². The van der Waals surface area contributed by atoms with Gasteiger partial charge in [-0.3, -0.25) is 4.79 Å². The highest BCUT2D eigenvalue weighted by molar-refractivity contribution is 5.44. The number of hydrogen-bond donors (Lipinski definition) is 1. The number of aromatic nitrogens is 1. The van der Waals surface area contributed by atoms with Crippen LogP contribution in [0.2, 0.25) is 0 Å². The summed E-state index contributed by atoms with van der Waals surface area (Å²) in [5.74, 6) is 0. The minimum absolute atomic E-state index is 0.122. The topological polar surface area (TPSA) is 80.4 Å². The molecule has 0 atom stereocenters. The van der Waals surface area contributed by atoms with Gasteiger partial charge in [0.05, 0.1) is 5.56 Å². The van der Waals surface area contributed by atoms with Gasteiger partial charge in [-0.2, -0.15) is 10.5 Å². The first-order chi connectivity index (χ1) is 5.69. The Morgan fingerprint density at radius 3 is 2.58 bits per heavy atom. The van der Waals surface area contributed by atoms with Crippen molar-refractivity contribution >= 4 is 0 Å². The molecule has 0 aliphatic heterocycles. The van der Waals surface area contributed by atoms with Crippen LogP contribution in [-0.2, 0) is 0 Å². The van der Waals surface area contributed by atoms with Crippen LogP contribution in [0, 0.1) is 29.6 Å². The molecule has 0 fully saturated rings. The molecule has 0 bridgehead atoms. The third-order valence-electron chi connectivity index (χ3n) is 1.40. The summed E-state index contributed by atoms with van der Waals surface area (Å²) in [6.45, 7) is 1.66. The maximum absolute atomic E-state index is 11.0. The quantitative estimate of drug-likeness (QED) is 0.595. The van der Waals surface area contributed by atoms with E-state index in [1.165, 1.54) is 6.07 Å². The smallest absolute Gasteiger partial charge is 0.267 e. The van der Waals surface area contributed by atoms with Crippen molar-refractivity contribution < 1.29 is 0 Å². The van der Waals surface area contributed by atoms with E-state index in [-0.39, 0.29) is 11.1 Å². The summed E-state index contributed by atoms with van der Waals surface area (Å²) in [6.07, 6.45) is 0. The molecule has 1 N–H and O–H groups in total. The number of nitrogens with one attached hydrogen (secondary N) is 1. The lowest BCUT2D eigenvalue weighted by atomic mass is 10.1. The molecular weight excluding hydrogens is 154 g/mol. The highest BCUT2D eigenvalue weighted by atomic mass is 16.1. The van der Waals surface area contributed by atoms with Gasteiger partial charge in [0.25, 0.3) is 5.56 Å². The number of nitriles is 2. The van der Waals surface area contributed by atoms with Crippen LogP contribution in [-0.4, -0.2) is 4.98 Å². The van der Waals surface area contributed by atoms with Gasteiger partial charge in [-0.25, -0.2) is 0 Å². The van der Waals surface area contributed by atoms with Gasteiger partial charge in [-0.1, -0.05) is 0 Å². The molecule has 0 saturated carbocycles. The average Bonchev–Trinajstić information content (AvgIpc) is 2.03. The number of nitrogens with zero attached hydrogens (tertiary/aromatic N) is 2. The summed E-state index contributed by atoms with van der Waals surface area (Å²) in [7, 11) is 0. The van der Waals surface area contributed by atoms with Crippen molar-refractivity contribution in [2.24, 2.45) is 0 Å². The van der Waals surface area contributed by atoms with Gasteiger partial charge in [0, 0.05) is 5.69 Å². The lowest BCUT2D eigenvalue weighted by Crippen LogP contribution is -2.13. The molecule has 4 nitrogen and oxygen atoms in total. The van der Waals surface area contributed by atoms with Crippen molar-refractivity contribution in [2.75, 3.05) is 0 Å². The monoisotopic (exact) mass is 159 g/mol. The van der Waals surface area contributed by atoms with Crippen LogP contribution in [0.1, 0.15) is 16.8 Å². The zero-order chi connectivity index (χ0) is 9.14. The van der Waals surface area contributed by atoms with E-state index in [0.717, 1.165) is 0 Å². The maximum atomic E-state index is 11.0. The molecule has 0 saturated heterocycles. The molecule has 1 heterocycles. The summed E-state index contributed by atoms with van der Waals surface area (Å²) >= 11 is 0. The molecular formula is C8H5N3O. The van der Waals surface area contributed by atoms with Gasteiger partial charge >= 0.3 is 0 Å². The van der Waals surface area contributed by atoms with Crippen LogP contribution in [0.4, 0.5) is 0 Å². The van der Waals surface area contributed by atoms with Gasteiger partial charge in [-0.05, 0) is 13.0 Å². The van der Waals surface area contributed by atoms with Gasteiger partial charge < -0.3 is 4.98 Å². The lowest BCUT2D eigenvalue weighted by Gasteiger charge is -1.94. The Balaban J connectivity index is 3.61. The highest BCUT2D eigenvalue weighted by Crippen LogP contribution is 2.01. The Labute approximate surface area is 68.7 Å². The maximum Gasteiger partial charge on any atom is 0.267 e. The van der Waals surface area contributed by atoms with Crippen molar-refractivity contribution in [3.8, 4) is 12.1 Å². The summed E-state index contributed by atoms with van der Waals surface area (Å²) in [6, 6.07) is 4.93. The Morgan fingerprint density at radius 1 is 1.42 bits per heavy atom. The van der Waals surface area contributed by atoms with Gasteiger partial charge in [0.15, 0.2) is 0 Å². The molecule has 0 aromatic carbocycles. The molecule has 0 unspecified atom stereocenters. The van der Waals surface area contributed by atoms with E-state index in [9.17, 15) is 4.79 Å². The standard InChI is InChI=1S/C8H5N3O/c1-5-2-6(3-9)7(4-10)8(12)11-5/h2H,1H3,(H,11,12). The lowest BCUT2D eigenvalue weighted by molar-refractivity contribution is 1.12. The number of aryl methyl sites for hydroxylation is 1. The molecule has 1 aromatic rings. The zero-order valence-electron chi connectivity index (χ0n) is 6.38. The average molecular weight is 159 g/mol. The number of hydrogen-bond acceptors (Lipinski definition) is 3. The molecule has 0 radical (unpaired) electrons. The second-order valence-corrected chi connectivity index (χ2v) is 2.29. The first-order valence-corrected chi connectivity index (χ1v) is 3.23. The van der Waals surface area contributed by atoms with E-state index in [0.29, 0.717) is 5.69 Å². The highest BCUT2D eigenvalue weighted by Gasteiger charge is 2.05. The molecule has 0 spiro atoms. The van der Waals surface area contributed by atoms with Gasteiger partial charge in [0.1, 0.15) is 17.7 Å². The number of aromatic amines is 1. The fourth-order valence-corrected chi connectivity index (χ4v) is 0.888. The SMILES string of the molecule is Cc1cc(C#N)c(C#N)c(=O)[nH]1. The van der Waals surface area contributed by atoms with E-state index in [1.54, 1.807) is 19.1 Å². The Hall–Kier alpha value is -2.07. The fourth-order valence-electron chi connectivity index (χ4n) is 0.888. The third-order valence-corrected chi connectivity index (χ3v) is 1.40. The molecule has 0 aliphatic rings. The van der Waals surface area contributed by atoms with Crippen LogP contribution in [0.15, 0.2) is 10.9 Å². The predicted octanol–water partition coefficient (Wildman–Crippen LogP) is 0.427. The summed E-state index contributed by atoms with van der Waals surface area (Å²) in [5, 5.41) is 17.0. The molecule has 1 aromatic heterocycles. The Bertz CT molecular complexity index is 445. The summed E-state index contributed by atoms with van der Waals surface area (Å²) in [4.78, 5) is 13.5. The van der Waals surface area contributed by atoms with Gasteiger partial charge in [0.2, 0.25) is 0 Å². The molecule has 4 heteroatoms. The van der Waals surface area contributed by atoms with Crippen molar-refractivity contribution in [3.05, 3.63) is 33.2 Å². The van der Waals surface area contributed by atoms with E-state index < -0.39 is 5.56 Å². The predicted molar refractivity (Wildman–Crippen MR) is 41.2 cm³/mol. The van der Waals surface area contributed by atoms with Crippen LogP contribution in [0.25, 0.3) is 0 Å². The van der Waals surface area contributed by atoms with E-state index >= 15 is 0 Å². The second-order valence-electron chi connectivity index (χ2n) is 2.29. The minimum Gasteiger partial charge on any atom is -0.325 e. The first-order valence-electron chi connectivity index (χ1n) is 3.23. The summed E-state index contributed by atoms with van der Waals surface area (Å²) < 4.78 is 0. The van der Waals surface area contributed by atoms with Crippen LogP contribution in [0.3, 0.4) is 0 Å². The number of H-pyrrole nitrogens is 1. The molecule has 0 aliphatic carbocycles. The van der Waals surface area contributed by atoms with Crippen molar-refractivity contribution in [1.82, 2.24) is 4.98 Å². The van der Waals surface area contributed by atoms with Gasteiger partial charge in [-0.15, -0.1) is 0 Å². The Morgan fingerprint density at radius 2 is 2.08 bits per heavy atom. The number of pyridine rings is 1. The van der Waals surface area contributed by atoms with Crippen LogP contribution < -0.4 is 5.56 Å². The van der Waals surface area contributed by atoms with Crippen LogP contribution in [0.5, 0.6) is 0 Å². The molecule has 1 rings (SSSR count). The van der Waals surface area contributed by atoms with Crippen molar-refractivity contribution in [1.29, 1.82) is 10.5 Å². The second kappa shape index (κ2) is 2.89. The third kappa shape index (κ3) is 1.18. The van der Waals surface area contributed by atoms with E-state index in [2.05, 4.69) is 4.98 Å². The fraction of sp³-hybridized carbons (Fsp3) is 0.125. The van der Waals surface area contributed by atoms with Crippen LogP contribution >= 0.6 is 0 Å². The molecule has 0 amide bonds. The normalized spacial score (nSPS) is 8.58. The molecule has 58 valence electrons. The number of rotatable bonds is 0. The van der Waals surface area contributed by atoms with Crippen molar-refractivity contribution in [2.45, 2.75) is 6.92 Å². The first kappa shape index (κ1) is 8.03. The van der Waals surface area contributed by atoms with Crippen molar-refractivity contribution in [3.63, 3.8) is 0 Å². The summed E-state index contributed by atoms with van der Waals surface area (Å²) in [5.41, 5.74) is 0.0754. The minimum atomic E-state index is -0.506. The Kier molecular flexibility index (Phi) is 1.94. The zero-order valence-corrected chi connectivity index (χ0v) is 6.38. The van der Waals surface area contributed by atoms with E-state index in [4.69, 9.17) is 10.5 Å². The largest absolute Gasteiger partial charge is 0.325 e.